The van der Waals surface area contributed by atoms with Gasteiger partial charge in [0.25, 0.3) is 11.8 Å². The fourth-order valence-electron chi connectivity index (χ4n) is 3.84. The lowest BCUT2D eigenvalue weighted by molar-refractivity contribution is 0.0729. The summed E-state index contributed by atoms with van der Waals surface area (Å²) in [7, 11) is 0. The van der Waals surface area contributed by atoms with Crippen molar-refractivity contribution in [2.24, 2.45) is 0 Å². The van der Waals surface area contributed by atoms with Gasteiger partial charge in [0.05, 0.1) is 24.4 Å². The van der Waals surface area contributed by atoms with Crippen molar-refractivity contribution in [2.45, 2.75) is 6.04 Å². The molecule has 0 saturated carbocycles. The molecule has 1 atom stereocenters. The molecule has 5 N–H and O–H groups in total. The van der Waals surface area contributed by atoms with E-state index in [1.165, 1.54) is 30.5 Å². The Morgan fingerprint density at radius 1 is 1.19 bits per heavy atom. The molecule has 0 aliphatic carbocycles. The number of piperazine rings is 1. The van der Waals surface area contributed by atoms with Crippen LogP contribution in [0.25, 0.3) is 11.3 Å². The number of anilines is 1. The molecule has 1 aliphatic heterocycles. The second kappa shape index (κ2) is 11.1. The Morgan fingerprint density at radius 2 is 1.94 bits per heavy atom. The number of carbonyl (C=O) groups is 2. The van der Waals surface area contributed by atoms with Gasteiger partial charge in [0.2, 0.25) is 0 Å². The summed E-state index contributed by atoms with van der Waals surface area (Å²) in [5.41, 5.74) is 6.38. The Labute approximate surface area is 213 Å². The molecule has 36 heavy (non-hydrogen) atoms. The average Bonchev–Trinajstić information content (AvgIpc) is 2.86. The van der Waals surface area contributed by atoms with E-state index in [0.717, 1.165) is 6.07 Å². The molecule has 0 spiro atoms. The average molecular weight is 561 g/mol. The Hall–Kier alpha value is -3.48. The van der Waals surface area contributed by atoms with E-state index in [9.17, 15) is 23.5 Å². The first-order chi connectivity index (χ1) is 17.3. The molecule has 0 radical (unpaired) electrons. The Morgan fingerprint density at radius 3 is 2.61 bits per heavy atom. The summed E-state index contributed by atoms with van der Waals surface area (Å²) in [5.74, 6) is -2.54. The molecule has 2 heterocycles. The van der Waals surface area contributed by atoms with E-state index >= 15 is 0 Å². The maximum absolute atomic E-state index is 15.0. The van der Waals surface area contributed by atoms with E-state index in [-0.39, 0.29) is 34.2 Å². The number of aliphatic hydroxyl groups is 1. The fraction of sp³-hybridized carbons (Fsp3) is 0.250. The second-order valence-corrected chi connectivity index (χ2v) is 9.05. The molecule has 12 heteroatoms. The van der Waals surface area contributed by atoms with Crippen molar-refractivity contribution in [1.82, 2.24) is 25.5 Å². The summed E-state index contributed by atoms with van der Waals surface area (Å²) in [6.45, 7) is 1.87. The van der Waals surface area contributed by atoms with Crippen LogP contribution < -0.4 is 16.4 Å². The lowest BCUT2D eigenvalue weighted by Gasteiger charge is -2.27. The molecule has 1 aliphatic rings. The molecule has 2 aromatic carbocycles. The lowest BCUT2D eigenvalue weighted by Crippen LogP contribution is -2.46. The molecule has 0 bridgehead atoms. The zero-order valence-electron chi connectivity index (χ0n) is 19.0. The van der Waals surface area contributed by atoms with Crippen LogP contribution in [0.3, 0.4) is 0 Å². The van der Waals surface area contributed by atoms with Gasteiger partial charge in [-0.15, -0.1) is 0 Å². The molecule has 0 unspecified atom stereocenters. The van der Waals surface area contributed by atoms with Crippen LogP contribution in [0.5, 0.6) is 0 Å². The fourth-order valence-corrected chi connectivity index (χ4v) is 4.32. The molecule has 4 rings (SSSR count). The maximum Gasteiger partial charge on any atom is 0.274 e. The highest BCUT2D eigenvalue weighted by atomic mass is 79.9. The standard InChI is InChI=1S/C24H23BrF2N6O3/c25-15-7-14(8-16(26)10-15)20(12-34)32-23(35)17-2-1-13(9-18(17)27)21-22(28)30-11-19(31-21)24(36)33-5-3-29-4-6-33/h1-2,7-11,20,29,34H,3-6,12H2,(H2,28,30)(H,32,35)/t20-/m1/s1. The van der Waals surface area contributed by atoms with Gasteiger partial charge in [0, 0.05) is 36.2 Å². The first-order valence-electron chi connectivity index (χ1n) is 11.1. The van der Waals surface area contributed by atoms with E-state index in [0.29, 0.717) is 36.2 Å². The monoisotopic (exact) mass is 560 g/mol. The molecule has 1 aromatic heterocycles. The number of benzene rings is 2. The third kappa shape index (κ3) is 5.66. The lowest BCUT2D eigenvalue weighted by atomic mass is 10.0. The molecule has 9 nitrogen and oxygen atoms in total. The maximum atomic E-state index is 15.0. The number of rotatable bonds is 6. The Kier molecular flexibility index (Phi) is 7.87. The third-order valence-corrected chi connectivity index (χ3v) is 6.14. The van der Waals surface area contributed by atoms with E-state index in [1.807, 2.05) is 0 Å². The van der Waals surface area contributed by atoms with Gasteiger partial charge >= 0.3 is 0 Å². The normalized spacial score (nSPS) is 14.4. The number of nitrogens with two attached hydrogens (primary N) is 1. The largest absolute Gasteiger partial charge is 0.394 e. The van der Waals surface area contributed by atoms with Crippen molar-refractivity contribution in [2.75, 3.05) is 38.5 Å². The topological polar surface area (TPSA) is 133 Å². The van der Waals surface area contributed by atoms with Crippen molar-refractivity contribution >= 4 is 33.6 Å². The second-order valence-electron chi connectivity index (χ2n) is 8.14. The predicted molar refractivity (Wildman–Crippen MR) is 132 cm³/mol. The van der Waals surface area contributed by atoms with Crippen molar-refractivity contribution in [3.63, 3.8) is 0 Å². The van der Waals surface area contributed by atoms with Crippen molar-refractivity contribution in [3.05, 3.63) is 75.5 Å². The molecule has 3 aromatic rings. The Bertz CT molecular complexity index is 1280. The van der Waals surface area contributed by atoms with Gasteiger partial charge in [-0.3, -0.25) is 9.59 Å². The number of amides is 2. The molecule has 1 fully saturated rings. The van der Waals surface area contributed by atoms with Crippen LogP contribution in [0.4, 0.5) is 14.6 Å². The zero-order chi connectivity index (χ0) is 25.8. The van der Waals surface area contributed by atoms with Gasteiger partial charge in [-0.1, -0.05) is 22.0 Å². The highest BCUT2D eigenvalue weighted by Crippen LogP contribution is 2.26. The minimum Gasteiger partial charge on any atom is -0.394 e. The van der Waals surface area contributed by atoms with Crippen LogP contribution in [0.15, 0.2) is 47.1 Å². The van der Waals surface area contributed by atoms with Crippen LogP contribution >= 0.6 is 15.9 Å². The van der Waals surface area contributed by atoms with Gasteiger partial charge in [0.1, 0.15) is 28.8 Å². The smallest absolute Gasteiger partial charge is 0.274 e. The van der Waals surface area contributed by atoms with Gasteiger partial charge < -0.3 is 26.4 Å². The minimum absolute atomic E-state index is 0.000452. The predicted octanol–water partition coefficient (Wildman–Crippen LogP) is 2.28. The van der Waals surface area contributed by atoms with E-state index < -0.39 is 30.2 Å². The van der Waals surface area contributed by atoms with Crippen LogP contribution in [0.2, 0.25) is 0 Å². The van der Waals surface area contributed by atoms with Crippen molar-refractivity contribution in [1.29, 1.82) is 0 Å². The number of nitrogens with one attached hydrogen (secondary N) is 2. The molecule has 1 saturated heterocycles. The molecular formula is C24H23BrF2N6O3. The first-order valence-corrected chi connectivity index (χ1v) is 11.9. The number of aliphatic hydroxyl groups excluding tert-OH is 1. The number of hydrogen-bond donors (Lipinski definition) is 4. The zero-order valence-corrected chi connectivity index (χ0v) is 20.6. The number of halogens is 3. The SMILES string of the molecule is Nc1ncc(C(=O)N2CCNCC2)nc1-c1ccc(C(=O)N[C@H](CO)c2cc(F)cc(Br)c2)c(F)c1. The quantitative estimate of drug-likeness (QED) is 0.363. The van der Waals surface area contributed by atoms with Gasteiger partial charge in [-0.05, 0) is 35.9 Å². The summed E-state index contributed by atoms with van der Waals surface area (Å²) in [4.78, 5) is 35.5. The van der Waals surface area contributed by atoms with Crippen LogP contribution in [-0.2, 0) is 0 Å². The van der Waals surface area contributed by atoms with Gasteiger partial charge in [0.15, 0.2) is 0 Å². The summed E-state index contributed by atoms with van der Waals surface area (Å²) >= 11 is 3.16. The summed E-state index contributed by atoms with van der Waals surface area (Å²) in [6.07, 6.45) is 1.28. The summed E-state index contributed by atoms with van der Waals surface area (Å²) in [5, 5.41) is 15.4. The number of nitrogen functional groups attached to an aromatic ring is 1. The molecule has 2 amide bonds. The van der Waals surface area contributed by atoms with E-state index in [1.54, 1.807) is 11.0 Å². The number of carbonyl (C=O) groups excluding carboxylic acids is 2. The van der Waals surface area contributed by atoms with Gasteiger partial charge in [-0.25, -0.2) is 18.7 Å². The van der Waals surface area contributed by atoms with Crippen molar-refractivity contribution in [3.8, 4) is 11.3 Å². The van der Waals surface area contributed by atoms with Gasteiger partial charge in [-0.2, -0.15) is 0 Å². The van der Waals surface area contributed by atoms with E-state index in [4.69, 9.17) is 5.73 Å². The van der Waals surface area contributed by atoms with E-state index in [2.05, 4.69) is 36.5 Å². The first kappa shape index (κ1) is 25.6. The summed E-state index contributed by atoms with van der Waals surface area (Å²) < 4.78 is 29.2. The number of nitrogens with zero attached hydrogens (tertiary/aromatic N) is 3. The molecule has 188 valence electrons. The number of aromatic nitrogens is 2. The molecular weight excluding hydrogens is 538 g/mol. The number of hydrogen-bond acceptors (Lipinski definition) is 7. The highest BCUT2D eigenvalue weighted by molar-refractivity contribution is 9.10. The summed E-state index contributed by atoms with van der Waals surface area (Å²) in [6, 6.07) is 6.73. The van der Waals surface area contributed by atoms with Crippen molar-refractivity contribution < 1.29 is 23.5 Å². The van der Waals surface area contributed by atoms with Crippen LogP contribution in [0, 0.1) is 11.6 Å². The van der Waals surface area contributed by atoms with Crippen LogP contribution in [0.1, 0.15) is 32.5 Å². The third-order valence-electron chi connectivity index (χ3n) is 5.69. The Balaban J connectivity index is 1.56. The van der Waals surface area contributed by atoms with Crippen LogP contribution in [-0.4, -0.2) is 64.6 Å². The highest BCUT2D eigenvalue weighted by Gasteiger charge is 2.23. The minimum atomic E-state index is -0.960.